The second-order valence-electron chi connectivity index (χ2n) is 3.94. The number of H-pyrrole nitrogens is 1. The Balaban J connectivity index is 2.06. The van der Waals surface area contributed by atoms with Gasteiger partial charge in [0.25, 0.3) is 5.69 Å². The topological polar surface area (TPSA) is 122 Å². The van der Waals surface area contributed by atoms with E-state index in [-0.39, 0.29) is 17.1 Å². The van der Waals surface area contributed by atoms with E-state index in [0.29, 0.717) is 5.69 Å². The number of rotatable bonds is 4. The third-order valence-corrected chi connectivity index (χ3v) is 2.53. The molecule has 2 rings (SSSR count). The molecule has 0 atom stereocenters. The molecular formula is C13H11N4O4+. The van der Waals surface area contributed by atoms with Gasteiger partial charge in [-0.3, -0.25) is 10.1 Å². The number of nitrogens with two attached hydrogens (primary N) is 1. The number of carbonyl (C=O) groups is 1. The number of nitro benzene ring substituents is 1. The average Bonchev–Trinajstić information content (AvgIpc) is 2.53. The number of benzene rings is 1. The van der Waals surface area contributed by atoms with Crippen LogP contribution in [0.3, 0.4) is 0 Å². The van der Waals surface area contributed by atoms with Crippen LogP contribution in [0.5, 0.6) is 0 Å². The third kappa shape index (κ3) is 3.60. The summed E-state index contributed by atoms with van der Waals surface area (Å²) in [6.07, 6.45) is 1.65. The molecule has 1 aromatic heterocycles. The fraction of sp³-hybridized carbons (Fsp3) is 0. The van der Waals surface area contributed by atoms with Crippen molar-refractivity contribution in [3.05, 3.63) is 70.0 Å². The number of nitrogens with zero attached hydrogens (tertiary/aromatic N) is 2. The van der Waals surface area contributed by atoms with Crippen molar-refractivity contribution in [3.8, 4) is 0 Å². The molecule has 0 saturated heterocycles. The second-order valence-corrected chi connectivity index (χ2v) is 3.94. The lowest BCUT2D eigenvalue weighted by Crippen LogP contribution is -2.24. The maximum atomic E-state index is 11.7. The molecule has 1 heterocycles. The van der Waals surface area contributed by atoms with E-state index in [1.165, 1.54) is 24.3 Å². The van der Waals surface area contributed by atoms with Crippen molar-refractivity contribution in [1.82, 2.24) is 0 Å². The van der Waals surface area contributed by atoms with E-state index < -0.39 is 10.9 Å². The van der Waals surface area contributed by atoms with Crippen LogP contribution in [-0.4, -0.2) is 16.7 Å². The van der Waals surface area contributed by atoms with E-state index in [4.69, 9.17) is 5.73 Å². The summed E-state index contributed by atoms with van der Waals surface area (Å²) in [6, 6.07) is 10.1. The Labute approximate surface area is 119 Å². The Morgan fingerprint density at radius 1 is 1.24 bits per heavy atom. The molecule has 2 aromatic rings. The summed E-state index contributed by atoms with van der Waals surface area (Å²) in [5.74, 6) is -0.755. The predicted octanol–water partition coefficient (Wildman–Crippen LogP) is 0.886. The first-order valence-electron chi connectivity index (χ1n) is 5.84. The molecule has 0 radical (unpaired) electrons. The minimum atomic E-state index is -0.760. The first-order valence-corrected chi connectivity index (χ1v) is 5.84. The lowest BCUT2D eigenvalue weighted by atomic mass is 10.2. The molecule has 0 fully saturated rings. The zero-order chi connectivity index (χ0) is 15.2. The lowest BCUT2D eigenvalue weighted by Gasteiger charge is -1.98. The Morgan fingerprint density at radius 3 is 2.52 bits per heavy atom. The third-order valence-electron chi connectivity index (χ3n) is 2.53. The highest BCUT2D eigenvalue weighted by Crippen LogP contribution is 2.12. The summed E-state index contributed by atoms with van der Waals surface area (Å²) in [5, 5.41) is 14.0. The first-order chi connectivity index (χ1) is 10.1. The molecule has 8 nitrogen and oxygen atoms in total. The first kappa shape index (κ1) is 14.1. The van der Waals surface area contributed by atoms with Crippen LogP contribution >= 0.6 is 0 Å². The molecule has 8 heteroatoms. The quantitative estimate of drug-likeness (QED) is 0.294. The molecule has 0 spiro atoms. The molecule has 0 aliphatic rings. The number of nitrogens with one attached hydrogen (secondary N) is 1. The van der Waals surface area contributed by atoms with Crippen molar-refractivity contribution < 1.29 is 19.5 Å². The molecule has 0 bridgehead atoms. The Hall–Kier alpha value is -3.29. The van der Waals surface area contributed by atoms with E-state index in [1.807, 2.05) is 0 Å². The molecule has 1 aromatic carbocycles. The van der Waals surface area contributed by atoms with Gasteiger partial charge in [0.2, 0.25) is 11.5 Å². The minimum absolute atomic E-state index is 0.00543. The van der Waals surface area contributed by atoms with E-state index in [9.17, 15) is 14.9 Å². The Kier molecular flexibility index (Phi) is 4.20. The number of amidine groups is 1. The van der Waals surface area contributed by atoms with Gasteiger partial charge in [0.15, 0.2) is 6.20 Å². The van der Waals surface area contributed by atoms with Crippen molar-refractivity contribution in [2.75, 3.05) is 0 Å². The number of non-ortho nitro benzene ring substituents is 1. The maximum Gasteiger partial charge on any atom is 0.365 e. The molecule has 106 valence electrons. The molecule has 0 aliphatic heterocycles. The van der Waals surface area contributed by atoms with E-state index >= 15 is 0 Å². The molecule has 0 saturated carbocycles. The SMILES string of the molecule is NC(=NOC(=O)c1ccc([N+](=O)[O-])cc1)c1cccc[nH+]1. The number of oxime groups is 1. The smallest absolute Gasteiger partial charge is 0.365 e. The van der Waals surface area contributed by atoms with Crippen LogP contribution < -0.4 is 10.7 Å². The van der Waals surface area contributed by atoms with Crippen LogP contribution in [0.15, 0.2) is 53.8 Å². The summed E-state index contributed by atoms with van der Waals surface area (Å²) >= 11 is 0. The fourth-order valence-corrected chi connectivity index (χ4v) is 1.46. The van der Waals surface area contributed by atoms with Crippen LogP contribution in [-0.2, 0) is 4.84 Å². The van der Waals surface area contributed by atoms with Gasteiger partial charge in [-0.05, 0) is 18.2 Å². The van der Waals surface area contributed by atoms with Crippen LogP contribution in [0.2, 0.25) is 0 Å². The van der Waals surface area contributed by atoms with Crippen LogP contribution in [0.1, 0.15) is 16.1 Å². The number of hydrogen-bond acceptors (Lipinski definition) is 5. The second kappa shape index (κ2) is 6.24. The van der Waals surface area contributed by atoms with Crippen molar-refractivity contribution in [3.63, 3.8) is 0 Å². The van der Waals surface area contributed by atoms with Gasteiger partial charge in [0, 0.05) is 24.3 Å². The molecule has 0 unspecified atom stereocenters. The number of carbonyl (C=O) groups excluding carboxylic acids is 1. The average molecular weight is 287 g/mol. The van der Waals surface area contributed by atoms with Gasteiger partial charge >= 0.3 is 5.97 Å². The van der Waals surface area contributed by atoms with Gasteiger partial charge in [-0.15, -0.1) is 0 Å². The molecular weight excluding hydrogens is 276 g/mol. The number of aromatic amines is 1. The van der Waals surface area contributed by atoms with E-state index in [0.717, 1.165) is 0 Å². The maximum absolute atomic E-state index is 11.7. The summed E-state index contributed by atoms with van der Waals surface area (Å²) < 4.78 is 0. The van der Waals surface area contributed by atoms with Crippen LogP contribution in [0.4, 0.5) is 5.69 Å². The van der Waals surface area contributed by atoms with Crippen molar-refractivity contribution in [1.29, 1.82) is 0 Å². The minimum Gasteiger partial charge on any atom is -0.375 e. The molecule has 0 amide bonds. The summed E-state index contributed by atoms with van der Waals surface area (Å²) in [5.41, 5.74) is 6.15. The monoisotopic (exact) mass is 287 g/mol. The number of aromatic nitrogens is 1. The van der Waals surface area contributed by atoms with Crippen LogP contribution in [0, 0.1) is 10.1 Å². The zero-order valence-corrected chi connectivity index (χ0v) is 10.7. The number of nitro groups is 1. The van der Waals surface area contributed by atoms with Crippen LogP contribution in [0.25, 0.3) is 0 Å². The van der Waals surface area contributed by atoms with E-state index in [2.05, 4.69) is 15.0 Å². The molecule has 3 N–H and O–H groups in total. The van der Waals surface area contributed by atoms with Gasteiger partial charge in [-0.25, -0.2) is 9.78 Å². The predicted molar refractivity (Wildman–Crippen MR) is 72.2 cm³/mol. The van der Waals surface area contributed by atoms with Crippen molar-refractivity contribution in [2.45, 2.75) is 0 Å². The van der Waals surface area contributed by atoms with Gasteiger partial charge in [-0.1, -0.05) is 5.16 Å². The summed E-state index contributed by atoms with van der Waals surface area (Å²) in [6.45, 7) is 0. The van der Waals surface area contributed by atoms with Gasteiger partial charge in [0.05, 0.1) is 10.5 Å². The van der Waals surface area contributed by atoms with Crippen molar-refractivity contribution in [2.24, 2.45) is 10.9 Å². The fourth-order valence-electron chi connectivity index (χ4n) is 1.46. The Morgan fingerprint density at radius 2 is 1.95 bits per heavy atom. The standard InChI is InChI=1S/C13H10N4O4/c14-12(11-3-1-2-8-15-11)16-21-13(18)9-4-6-10(7-5-9)17(19)20/h1-8H,(H2,14,16)/p+1. The lowest BCUT2D eigenvalue weighted by molar-refractivity contribution is -0.384. The normalized spacial score (nSPS) is 11.0. The highest BCUT2D eigenvalue weighted by Gasteiger charge is 2.12. The number of hydrogen-bond donors (Lipinski definition) is 1. The zero-order valence-electron chi connectivity index (χ0n) is 10.7. The van der Waals surface area contributed by atoms with Gasteiger partial charge in [-0.2, -0.15) is 0 Å². The summed E-state index contributed by atoms with van der Waals surface area (Å²) in [4.78, 5) is 29.1. The largest absolute Gasteiger partial charge is 0.375 e. The van der Waals surface area contributed by atoms with E-state index in [1.54, 1.807) is 24.4 Å². The van der Waals surface area contributed by atoms with Gasteiger partial charge < -0.3 is 10.6 Å². The number of pyridine rings is 1. The highest BCUT2D eigenvalue weighted by atomic mass is 16.7. The summed E-state index contributed by atoms with van der Waals surface area (Å²) in [7, 11) is 0. The Bertz CT molecular complexity index is 683. The molecule has 0 aliphatic carbocycles. The highest BCUT2D eigenvalue weighted by molar-refractivity contribution is 5.95. The molecule has 21 heavy (non-hydrogen) atoms. The van der Waals surface area contributed by atoms with Crippen molar-refractivity contribution >= 4 is 17.5 Å². The van der Waals surface area contributed by atoms with Gasteiger partial charge in [0.1, 0.15) is 0 Å².